The highest BCUT2D eigenvalue weighted by Gasteiger charge is 2.17. The van der Waals surface area contributed by atoms with Gasteiger partial charge >= 0.3 is 0 Å². The Kier molecular flexibility index (Phi) is 2.53. The quantitative estimate of drug-likeness (QED) is 0.849. The highest BCUT2D eigenvalue weighted by atomic mass is 35.5. The third kappa shape index (κ3) is 1.73. The van der Waals surface area contributed by atoms with Crippen LogP contribution < -0.4 is 5.14 Å². The standard InChI is InChI=1S/C10H7ClNO3S/c11-7-5-4-6-2-1-3-8(16(12,14)15)9(6)10(7)13/h1-5H,(H2,12,14,15). The molecule has 0 atom stereocenters. The molecular formula is C10H7ClNO3S. The molecule has 0 saturated heterocycles. The van der Waals surface area contributed by atoms with Crippen molar-refractivity contribution in [3.8, 4) is 5.75 Å². The molecule has 0 saturated carbocycles. The van der Waals surface area contributed by atoms with Crippen LogP contribution in [0, 0.1) is 0 Å². The van der Waals surface area contributed by atoms with Gasteiger partial charge in [-0.1, -0.05) is 29.8 Å². The van der Waals surface area contributed by atoms with Crippen LogP contribution in [-0.2, 0) is 15.1 Å². The Morgan fingerprint density at radius 1 is 1.12 bits per heavy atom. The van der Waals surface area contributed by atoms with Crippen LogP contribution in [0.25, 0.3) is 10.8 Å². The SMILES string of the molecule is NS(=O)(=O)c1cccc2ccc(Cl)c([O])c12. The number of rotatable bonds is 1. The fraction of sp³-hybridized carbons (Fsp3) is 0. The minimum absolute atomic E-state index is 0.0244. The lowest BCUT2D eigenvalue weighted by Gasteiger charge is -2.05. The van der Waals surface area contributed by atoms with Gasteiger partial charge in [-0.15, -0.1) is 0 Å². The van der Waals surface area contributed by atoms with Crippen LogP contribution in [-0.4, -0.2) is 8.42 Å². The Hall–Kier alpha value is -1.30. The van der Waals surface area contributed by atoms with E-state index in [2.05, 4.69) is 0 Å². The molecule has 0 aliphatic heterocycles. The average molecular weight is 257 g/mol. The largest absolute Gasteiger partial charge is 0.288 e. The minimum Gasteiger partial charge on any atom is -0.288 e. The van der Waals surface area contributed by atoms with E-state index in [1.54, 1.807) is 12.1 Å². The molecule has 0 unspecified atom stereocenters. The summed E-state index contributed by atoms with van der Waals surface area (Å²) in [6.07, 6.45) is 0. The van der Waals surface area contributed by atoms with Crippen molar-refractivity contribution in [1.82, 2.24) is 0 Å². The molecule has 1 radical (unpaired) electrons. The molecule has 16 heavy (non-hydrogen) atoms. The zero-order valence-corrected chi connectivity index (χ0v) is 9.55. The van der Waals surface area contributed by atoms with Gasteiger partial charge in [-0.25, -0.2) is 13.6 Å². The number of benzene rings is 2. The molecule has 0 aliphatic carbocycles. The first-order valence-electron chi connectivity index (χ1n) is 4.32. The third-order valence-corrected chi connectivity index (χ3v) is 3.47. The minimum atomic E-state index is -3.93. The van der Waals surface area contributed by atoms with Crippen molar-refractivity contribution < 1.29 is 13.5 Å². The van der Waals surface area contributed by atoms with Gasteiger partial charge in [0.1, 0.15) is 0 Å². The van der Waals surface area contributed by atoms with E-state index < -0.39 is 15.8 Å². The molecule has 0 heterocycles. The summed E-state index contributed by atoms with van der Waals surface area (Å²) >= 11 is 5.66. The van der Waals surface area contributed by atoms with Crippen molar-refractivity contribution in [2.24, 2.45) is 5.14 Å². The van der Waals surface area contributed by atoms with Crippen LogP contribution in [0.1, 0.15) is 0 Å². The molecule has 6 heteroatoms. The summed E-state index contributed by atoms with van der Waals surface area (Å²) in [6.45, 7) is 0. The molecule has 0 aliphatic rings. The van der Waals surface area contributed by atoms with Crippen molar-refractivity contribution in [3.05, 3.63) is 35.4 Å². The van der Waals surface area contributed by atoms with Crippen LogP contribution in [0.15, 0.2) is 35.2 Å². The van der Waals surface area contributed by atoms with Crippen LogP contribution in [0.2, 0.25) is 5.02 Å². The number of nitrogens with two attached hydrogens (primary N) is 1. The highest BCUT2D eigenvalue weighted by Crippen LogP contribution is 2.36. The molecule has 0 aromatic heterocycles. The summed E-state index contributed by atoms with van der Waals surface area (Å²) < 4.78 is 22.6. The van der Waals surface area contributed by atoms with E-state index in [1.807, 2.05) is 0 Å². The van der Waals surface area contributed by atoms with Gasteiger partial charge in [0.25, 0.3) is 0 Å². The Bertz CT molecular complexity index is 667. The maximum atomic E-state index is 11.7. The van der Waals surface area contributed by atoms with Crippen molar-refractivity contribution >= 4 is 32.4 Å². The number of hydrogen-bond donors (Lipinski definition) is 1. The van der Waals surface area contributed by atoms with Crippen LogP contribution in [0.3, 0.4) is 0 Å². The molecule has 0 spiro atoms. The predicted octanol–water partition coefficient (Wildman–Crippen LogP) is 2.28. The fourth-order valence-electron chi connectivity index (χ4n) is 1.53. The van der Waals surface area contributed by atoms with Gasteiger partial charge in [-0.2, -0.15) is 0 Å². The van der Waals surface area contributed by atoms with E-state index in [9.17, 15) is 13.5 Å². The number of hydrogen-bond acceptors (Lipinski definition) is 2. The molecule has 2 rings (SSSR count). The molecule has 0 fully saturated rings. The summed E-state index contributed by atoms with van der Waals surface area (Å²) in [6, 6.07) is 7.44. The number of primary sulfonamides is 1. The van der Waals surface area contributed by atoms with Crippen LogP contribution in [0.4, 0.5) is 0 Å². The van der Waals surface area contributed by atoms with Gasteiger partial charge in [0, 0.05) is 0 Å². The molecule has 83 valence electrons. The maximum absolute atomic E-state index is 11.7. The lowest BCUT2D eigenvalue weighted by molar-refractivity contribution is 0.360. The first-order valence-corrected chi connectivity index (χ1v) is 6.25. The number of halogens is 1. The van der Waals surface area contributed by atoms with Gasteiger partial charge in [0.15, 0.2) is 0 Å². The Morgan fingerprint density at radius 2 is 1.81 bits per heavy atom. The summed E-state index contributed by atoms with van der Waals surface area (Å²) in [7, 11) is -3.93. The Balaban J connectivity index is 3.02. The first kappa shape index (κ1) is 11.2. The first-order chi connectivity index (χ1) is 7.41. The summed E-state index contributed by atoms with van der Waals surface area (Å²) in [4.78, 5) is -0.197. The normalized spacial score (nSPS) is 11.9. The predicted molar refractivity (Wildman–Crippen MR) is 60.5 cm³/mol. The number of sulfonamides is 1. The smallest absolute Gasteiger partial charge is 0.238 e. The lowest BCUT2D eigenvalue weighted by Crippen LogP contribution is -2.12. The van der Waals surface area contributed by atoms with Crippen LogP contribution >= 0.6 is 11.6 Å². The van der Waals surface area contributed by atoms with Crippen molar-refractivity contribution in [3.63, 3.8) is 0 Å². The van der Waals surface area contributed by atoms with E-state index in [0.717, 1.165) is 0 Å². The Labute approximate surface area is 97.3 Å². The van der Waals surface area contributed by atoms with Crippen molar-refractivity contribution in [1.29, 1.82) is 0 Å². The van der Waals surface area contributed by atoms with E-state index in [4.69, 9.17) is 16.7 Å². The van der Waals surface area contributed by atoms with Gasteiger partial charge < -0.3 is 0 Å². The second-order valence-electron chi connectivity index (χ2n) is 3.28. The molecule has 2 N–H and O–H groups in total. The molecule has 0 amide bonds. The van der Waals surface area contributed by atoms with Gasteiger partial charge in [0.05, 0.1) is 15.3 Å². The summed E-state index contributed by atoms with van der Waals surface area (Å²) in [5.74, 6) is -0.524. The molecule has 2 aromatic rings. The van der Waals surface area contributed by atoms with Crippen LogP contribution in [0.5, 0.6) is 5.75 Å². The zero-order chi connectivity index (χ0) is 11.9. The van der Waals surface area contributed by atoms with Gasteiger partial charge in [-0.05, 0) is 17.5 Å². The third-order valence-electron chi connectivity index (χ3n) is 2.22. The van der Waals surface area contributed by atoms with E-state index in [0.29, 0.717) is 5.39 Å². The maximum Gasteiger partial charge on any atom is 0.238 e. The van der Waals surface area contributed by atoms with Crippen molar-refractivity contribution in [2.45, 2.75) is 4.90 Å². The van der Waals surface area contributed by atoms with E-state index in [1.165, 1.54) is 18.2 Å². The van der Waals surface area contributed by atoms with Gasteiger partial charge in [-0.3, -0.25) is 5.11 Å². The second-order valence-corrected chi connectivity index (χ2v) is 5.21. The molecular weight excluding hydrogens is 250 g/mol. The Morgan fingerprint density at radius 3 is 2.44 bits per heavy atom. The molecule has 4 nitrogen and oxygen atoms in total. The lowest BCUT2D eigenvalue weighted by atomic mass is 10.1. The summed E-state index contributed by atoms with van der Waals surface area (Å²) in [5, 5.41) is 17.3. The zero-order valence-electron chi connectivity index (χ0n) is 7.98. The van der Waals surface area contributed by atoms with Crippen molar-refractivity contribution in [2.75, 3.05) is 0 Å². The fourth-order valence-corrected chi connectivity index (χ4v) is 2.45. The van der Waals surface area contributed by atoms with Gasteiger partial charge in [0.2, 0.25) is 15.8 Å². The monoisotopic (exact) mass is 256 g/mol. The highest BCUT2D eigenvalue weighted by molar-refractivity contribution is 7.89. The molecule has 0 bridgehead atoms. The van der Waals surface area contributed by atoms with E-state index in [-0.39, 0.29) is 15.3 Å². The second kappa shape index (κ2) is 3.62. The molecule has 2 aromatic carbocycles. The summed E-state index contributed by atoms with van der Waals surface area (Å²) in [5.41, 5.74) is 0. The van der Waals surface area contributed by atoms with E-state index >= 15 is 0 Å². The topological polar surface area (TPSA) is 80.1 Å². The number of fused-ring (bicyclic) bond motifs is 1. The average Bonchev–Trinajstić information content (AvgIpc) is 2.21.